The molecule has 2 unspecified atom stereocenters. The molecule has 0 aliphatic carbocycles. The van der Waals surface area contributed by atoms with Gasteiger partial charge in [-0.2, -0.15) is 0 Å². The van der Waals surface area contributed by atoms with Gasteiger partial charge in [-0.1, -0.05) is 6.07 Å². The summed E-state index contributed by atoms with van der Waals surface area (Å²) in [7, 11) is 0. The van der Waals surface area contributed by atoms with Crippen LogP contribution in [0, 0.1) is 5.92 Å². The fourth-order valence-electron chi connectivity index (χ4n) is 3.57. The molecule has 0 spiro atoms. The van der Waals surface area contributed by atoms with Crippen LogP contribution in [-0.2, 0) is 4.74 Å². The van der Waals surface area contributed by atoms with E-state index in [9.17, 15) is 5.11 Å². The highest BCUT2D eigenvalue weighted by Gasteiger charge is 2.49. The minimum Gasteiger partial charge on any atom is -0.486 e. The molecule has 0 saturated carbocycles. The molecule has 2 aliphatic rings. The first-order chi connectivity index (χ1) is 9.78. The molecular weight excluding hydrogens is 268 g/mol. The molecule has 0 radical (unpaired) electrons. The van der Waals surface area contributed by atoms with Gasteiger partial charge in [0.1, 0.15) is 13.2 Å². The molecule has 0 amide bonds. The van der Waals surface area contributed by atoms with Crippen molar-refractivity contribution < 1.29 is 19.3 Å². The Bertz CT molecular complexity index is 536. The van der Waals surface area contributed by atoms with Crippen LogP contribution in [0.15, 0.2) is 18.2 Å². The van der Waals surface area contributed by atoms with E-state index in [0.717, 1.165) is 17.7 Å². The summed E-state index contributed by atoms with van der Waals surface area (Å²) in [6.07, 6.45) is 0.257. The van der Waals surface area contributed by atoms with E-state index in [-0.39, 0.29) is 17.1 Å². The van der Waals surface area contributed by atoms with Gasteiger partial charge in [-0.25, -0.2) is 0 Å². The summed E-state index contributed by atoms with van der Waals surface area (Å²) in [6, 6.07) is 5.68. The minimum atomic E-state index is -0.572. The van der Waals surface area contributed by atoms with E-state index < -0.39 is 6.10 Å². The van der Waals surface area contributed by atoms with Gasteiger partial charge in [0.25, 0.3) is 0 Å². The van der Waals surface area contributed by atoms with Crippen LogP contribution in [0.4, 0.5) is 0 Å². The molecule has 0 bridgehead atoms. The van der Waals surface area contributed by atoms with E-state index in [0.29, 0.717) is 19.0 Å². The second kappa shape index (κ2) is 4.89. The maximum atomic E-state index is 10.8. The first-order valence-corrected chi connectivity index (χ1v) is 7.56. The Morgan fingerprint density at radius 1 is 1.10 bits per heavy atom. The van der Waals surface area contributed by atoms with E-state index in [2.05, 4.69) is 13.8 Å². The van der Waals surface area contributed by atoms with Crippen LogP contribution < -0.4 is 9.47 Å². The predicted octanol–water partition coefficient (Wildman–Crippen LogP) is 3.08. The van der Waals surface area contributed by atoms with E-state index in [1.807, 2.05) is 32.0 Å². The lowest BCUT2D eigenvalue weighted by atomic mass is 9.80. The van der Waals surface area contributed by atoms with Crippen molar-refractivity contribution in [2.24, 2.45) is 5.92 Å². The fraction of sp³-hybridized carbons (Fsp3) is 0.647. The van der Waals surface area contributed by atoms with Gasteiger partial charge >= 0.3 is 0 Å². The van der Waals surface area contributed by atoms with Gasteiger partial charge in [0.15, 0.2) is 11.5 Å². The molecule has 1 fully saturated rings. The Kier molecular flexibility index (Phi) is 3.41. The summed E-state index contributed by atoms with van der Waals surface area (Å²) in [4.78, 5) is 0. The highest BCUT2D eigenvalue weighted by Crippen LogP contribution is 2.48. The second-order valence-corrected chi connectivity index (χ2v) is 7.12. The lowest BCUT2D eigenvalue weighted by Crippen LogP contribution is -2.32. The molecular formula is C17H24O4. The van der Waals surface area contributed by atoms with E-state index in [1.54, 1.807) is 0 Å². The summed E-state index contributed by atoms with van der Waals surface area (Å²) < 4.78 is 17.2. The molecule has 2 aliphatic heterocycles. The summed E-state index contributed by atoms with van der Waals surface area (Å²) in [5.74, 6) is 1.52. The average Bonchev–Trinajstić information content (AvgIpc) is 2.65. The summed E-state index contributed by atoms with van der Waals surface area (Å²) in [5.41, 5.74) is 0.303. The third kappa shape index (κ3) is 2.74. The lowest BCUT2D eigenvalue weighted by Gasteiger charge is -2.31. The van der Waals surface area contributed by atoms with Crippen LogP contribution in [0.3, 0.4) is 0 Å². The van der Waals surface area contributed by atoms with Gasteiger partial charge in [-0.3, -0.25) is 0 Å². The Labute approximate surface area is 126 Å². The fourth-order valence-corrected chi connectivity index (χ4v) is 3.57. The first-order valence-electron chi connectivity index (χ1n) is 7.56. The Morgan fingerprint density at radius 3 is 2.38 bits per heavy atom. The van der Waals surface area contributed by atoms with Crippen molar-refractivity contribution in [2.45, 2.75) is 51.4 Å². The molecule has 21 heavy (non-hydrogen) atoms. The molecule has 4 nitrogen and oxygen atoms in total. The van der Waals surface area contributed by atoms with Gasteiger partial charge in [0.05, 0.1) is 17.3 Å². The van der Waals surface area contributed by atoms with Crippen molar-refractivity contribution in [2.75, 3.05) is 13.2 Å². The molecule has 1 N–H and O–H groups in total. The molecule has 2 atom stereocenters. The number of rotatable bonds is 2. The third-order valence-electron chi connectivity index (χ3n) is 4.43. The second-order valence-electron chi connectivity index (χ2n) is 7.12. The van der Waals surface area contributed by atoms with Crippen molar-refractivity contribution in [3.63, 3.8) is 0 Å². The monoisotopic (exact) mass is 292 g/mol. The molecule has 1 aromatic rings. The third-order valence-corrected chi connectivity index (χ3v) is 4.43. The smallest absolute Gasteiger partial charge is 0.161 e. The van der Waals surface area contributed by atoms with Crippen molar-refractivity contribution in [3.8, 4) is 11.5 Å². The van der Waals surface area contributed by atoms with Crippen molar-refractivity contribution in [1.29, 1.82) is 0 Å². The Balaban J connectivity index is 1.87. The maximum Gasteiger partial charge on any atom is 0.161 e. The minimum absolute atomic E-state index is 0.0510. The van der Waals surface area contributed by atoms with Crippen molar-refractivity contribution >= 4 is 0 Å². The summed E-state index contributed by atoms with van der Waals surface area (Å²) in [5, 5.41) is 10.8. The number of aliphatic hydroxyl groups excluding tert-OH is 1. The highest BCUT2D eigenvalue weighted by atomic mass is 16.6. The maximum absolute atomic E-state index is 10.8. The van der Waals surface area contributed by atoms with Crippen LogP contribution in [0.25, 0.3) is 0 Å². The number of ether oxygens (including phenoxy) is 3. The summed E-state index contributed by atoms with van der Waals surface area (Å²) >= 11 is 0. The zero-order valence-electron chi connectivity index (χ0n) is 13.2. The Morgan fingerprint density at radius 2 is 1.76 bits per heavy atom. The molecule has 3 rings (SSSR count). The van der Waals surface area contributed by atoms with Crippen LogP contribution in [-0.4, -0.2) is 29.5 Å². The largest absolute Gasteiger partial charge is 0.486 e. The molecule has 116 valence electrons. The quantitative estimate of drug-likeness (QED) is 0.910. The molecule has 4 heteroatoms. The topological polar surface area (TPSA) is 47.9 Å². The van der Waals surface area contributed by atoms with Crippen LogP contribution in [0.1, 0.15) is 45.8 Å². The Hall–Kier alpha value is -1.26. The number of fused-ring (bicyclic) bond motifs is 1. The van der Waals surface area contributed by atoms with Gasteiger partial charge in [-0.15, -0.1) is 0 Å². The number of hydrogen-bond donors (Lipinski definition) is 1. The number of aliphatic hydroxyl groups is 1. The number of benzene rings is 1. The van der Waals surface area contributed by atoms with Crippen LogP contribution in [0.5, 0.6) is 11.5 Å². The van der Waals surface area contributed by atoms with Gasteiger partial charge in [-0.05, 0) is 51.8 Å². The molecule has 1 aromatic carbocycles. The number of hydrogen-bond acceptors (Lipinski definition) is 4. The van der Waals surface area contributed by atoms with Crippen molar-refractivity contribution in [1.82, 2.24) is 0 Å². The molecule has 0 aromatic heterocycles. The van der Waals surface area contributed by atoms with Gasteiger partial charge in [0, 0.05) is 5.92 Å². The molecule has 1 saturated heterocycles. The van der Waals surface area contributed by atoms with Crippen LogP contribution in [0.2, 0.25) is 0 Å². The highest BCUT2D eigenvalue weighted by molar-refractivity contribution is 5.44. The van der Waals surface area contributed by atoms with E-state index in [1.165, 1.54) is 0 Å². The van der Waals surface area contributed by atoms with Gasteiger partial charge < -0.3 is 19.3 Å². The van der Waals surface area contributed by atoms with Crippen molar-refractivity contribution in [3.05, 3.63) is 23.8 Å². The SMILES string of the molecule is CC1(C)CC(C(O)c2ccc3c(c2)OCCO3)C(C)(C)O1. The average molecular weight is 292 g/mol. The summed E-state index contributed by atoms with van der Waals surface area (Å²) in [6.45, 7) is 9.38. The predicted molar refractivity (Wildman–Crippen MR) is 79.7 cm³/mol. The molecule has 2 heterocycles. The first kappa shape index (κ1) is 14.7. The van der Waals surface area contributed by atoms with E-state index >= 15 is 0 Å². The normalized spacial score (nSPS) is 27.4. The zero-order valence-corrected chi connectivity index (χ0v) is 13.2. The van der Waals surface area contributed by atoms with E-state index in [4.69, 9.17) is 14.2 Å². The van der Waals surface area contributed by atoms with Crippen LogP contribution >= 0.6 is 0 Å². The zero-order chi connectivity index (χ0) is 15.3. The lowest BCUT2D eigenvalue weighted by molar-refractivity contribution is -0.0880. The van der Waals surface area contributed by atoms with Gasteiger partial charge in [0.2, 0.25) is 0 Å². The standard InChI is InChI=1S/C17H24O4/c1-16(2)10-12(17(3,4)21-16)15(18)11-5-6-13-14(9-11)20-8-7-19-13/h5-6,9,12,15,18H,7-8,10H2,1-4H3.